The minimum absolute atomic E-state index is 0.370. The third-order valence-corrected chi connectivity index (χ3v) is 3.74. The first kappa shape index (κ1) is 15.4. The molecule has 2 rings (SSSR count). The van der Waals surface area contributed by atoms with E-state index in [9.17, 15) is 0 Å². The maximum atomic E-state index is 5.97. The van der Waals surface area contributed by atoms with Crippen molar-refractivity contribution in [1.29, 1.82) is 0 Å². The molecule has 0 spiro atoms. The van der Waals surface area contributed by atoms with Gasteiger partial charge in [-0.2, -0.15) is 5.10 Å². The molecular formula is C16H20N4S. The lowest BCUT2D eigenvalue weighted by Crippen LogP contribution is -2.23. The molecule has 5 heteroatoms. The van der Waals surface area contributed by atoms with E-state index in [1.165, 1.54) is 0 Å². The van der Waals surface area contributed by atoms with E-state index in [0.29, 0.717) is 10.8 Å². The zero-order valence-corrected chi connectivity index (χ0v) is 13.4. The number of nitrogens with two attached hydrogens (primary N) is 1. The predicted octanol–water partition coefficient (Wildman–Crippen LogP) is 3.00. The van der Waals surface area contributed by atoms with Crippen LogP contribution in [0, 0.1) is 0 Å². The number of aromatic nitrogens is 2. The van der Waals surface area contributed by atoms with Crippen LogP contribution in [0.2, 0.25) is 0 Å². The Balaban J connectivity index is 2.61. The van der Waals surface area contributed by atoms with Gasteiger partial charge < -0.3 is 10.6 Å². The number of thiocarbonyl (C=S) groups is 1. The van der Waals surface area contributed by atoms with Gasteiger partial charge in [0.25, 0.3) is 0 Å². The molecule has 0 radical (unpaired) electrons. The maximum Gasteiger partial charge on any atom is 0.166 e. The molecule has 0 aliphatic heterocycles. The minimum atomic E-state index is 0.370. The molecule has 1 aromatic heterocycles. The molecule has 0 bridgehead atoms. The second kappa shape index (κ2) is 6.63. The summed E-state index contributed by atoms with van der Waals surface area (Å²) in [6, 6.07) is 9.99. The number of benzene rings is 1. The molecule has 4 nitrogen and oxygen atoms in total. The van der Waals surface area contributed by atoms with Crippen molar-refractivity contribution in [3.05, 3.63) is 47.2 Å². The van der Waals surface area contributed by atoms with Gasteiger partial charge in [0, 0.05) is 12.7 Å². The monoisotopic (exact) mass is 300 g/mol. The summed E-state index contributed by atoms with van der Waals surface area (Å²) in [5.74, 6) is 0.711. The van der Waals surface area contributed by atoms with E-state index in [-0.39, 0.29) is 0 Å². The Bertz CT molecular complexity index is 640. The van der Waals surface area contributed by atoms with E-state index in [1.807, 2.05) is 42.3 Å². The average Bonchev–Trinajstić information content (AvgIpc) is 2.53. The van der Waals surface area contributed by atoms with Gasteiger partial charge in [-0.05, 0) is 30.5 Å². The van der Waals surface area contributed by atoms with E-state index < -0.39 is 0 Å². The number of hydrogen-bond donors (Lipinski definition) is 1. The van der Waals surface area contributed by atoms with Gasteiger partial charge in [-0.15, -0.1) is 5.10 Å². The third-order valence-electron chi connectivity index (χ3n) is 3.54. The summed E-state index contributed by atoms with van der Waals surface area (Å²) < 4.78 is 0. The van der Waals surface area contributed by atoms with Crippen molar-refractivity contribution < 1.29 is 0 Å². The fourth-order valence-corrected chi connectivity index (χ4v) is 2.64. The number of hydrogen-bond acceptors (Lipinski definition) is 4. The SMILES string of the molecule is CCc1nnc(N(C)c2ccccc2)c(C(N)=S)c1CC. The smallest absolute Gasteiger partial charge is 0.166 e. The Morgan fingerprint density at radius 2 is 1.81 bits per heavy atom. The summed E-state index contributed by atoms with van der Waals surface area (Å²) in [4.78, 5) is 2.34. The van der Waals surface area contributed by atoms with Crippen molar-refractivity contribution in [3.63, 3.8) is 0 Å². The molecule has 0 fully saturated rings. The number of nitrogens with zero attached hydrogens (tertiary/aromatic N) is 3. The lowest BCUT2D eigenvalue weighted by molar-refractivity contribution is 0.864. The van der Waals surface area contributed by atoms with Gasteiger partial charge in [-0.3, -0.25) is 0 Å². The number of anilines is 2. The maximum absolute atomic E-state index is 5.97. The highest BCUT2D eigenvalue weighted by molar-refractivity contribution is 7.80. The van der Waals surface area contributed by atoms with Gasteiger partial charge >= 0.3 is 0 Å². The summed E-state index contributed by atoms with van der Waals surface area (Å²) in [5, 5.41) is 8.71. The van der Waals surface area contributed by atoms with Crippen molar-refractivity contribution in [2.75, 3.05) is 11.9 Å². The molecule has 0 saturated heterocycles. The van der Waals surface area contributed by atoms with Crippen LogP contribution in [0.1, 0.15) is 30.7 Å². The third kappa shape index (κ3) is 3.03. The highest BCUT2D eigenvalue weighted by atomic mass is 32.1. The van der Waals surface area contributed by atoms with Crippen LogP contribution in [-0.2, 0) is 12.8 Å². The molecule has 110 valence electrons. The Labute approximate surface area is 131 Å². The highest BCUT2D eigenvalue weighted by Gasteiger charge is 2.19. The number of para-hydroxylation sites is 1. The van der Waals surface area contributed by atoms with Crippen molar-refractivity contribution >= 4 is 28.7 Å². The summed E-state index contributed by atoms with van der Waals surface area (Å²) in [5.41, 5.74) is 9.89. The molecule has 2 aromatic rings. The van der Waals surface area contributed by atoms with Crippen LogP contribution in [0.25, 0.3) is 0 Å². The molecule has 1 heterocycles. The Morgan fingerprint density at radius 3 is 2.33 bits per heavy atom. The van der Waals surface area contributed by atoms with Crippen LogP contribution >= 0.6 is 12.2 Å². The average molecular weight is 300 g/mol. The van der Waals surface area contributed by atoms with Crippen molar-refractivity contribution in [3.8, 4) is 0 Å². The molecule has 2 N–H and O–H groups in total. The van der Waals surface area contributed by atoms with Crippen LogP contribution in [0.5, 0.6) is 0 Å². The van der Waals surface area contributed by atoms with Crippen LogP contribution in [0.4, 0.5) is 11.5 Å². The highest BCUT2D eigenvalue weighted by Crippen LogP contribution is 2.28. The Hall–Kier alpha value is -2.01. The van der Waals surface area contributed by atoms with Gasteiger partial charge in [0.1, 0.15) is 4.99 Å². The first-order valence-electron chi connectivity index (χ1n) is 7.07. The van der Waals surface area contributed by atoms with Gasteiger partial charge in [0.15, 0.2) is 5.82 Å². The Morgan fingerprint density at radius 1 is 1.14 bits per heavy atom. The number of aryl methyl sites for hydroxylation is 1. The van der Waals surface area contributed by atoms with Crippen LogP contribution in [-0.4, -0.2) is 22.2 Å². The first-order valence-corrected chi connectivity index (χ1v) is 7.47. The van der Waals surface area contributed by atoms with Gasteiger partial charge in [-0.1, -0.05) is 44.3 Å². The van der Waals surface area contributed by atoms with Crippen molar-refractivity contribution in [1.82, 2.24) is 10.2 Å². The first-order chi connectivity index (χ1) is 10.1. The van der Waals surface area contributed by atoms with E-state index >= 15 is 0 Å². The molecule has 21 heavy (non-hydrogen) atoms. The van der Waals surface area contributed by atoms with E-state index in [0.717, 1.165) is 35.3 Å². The second-order valence-corrected chi connectivity index (χ2v) is 5.23. The van der Waals surface area contributed by atoms with Crippen LogP contribution < -0.4 is 10.6 Å². The fraction of sp³-hybridized carbons (Fsp3) is 0.312. The standard InChI is InChI=1S/C16H20N4S/c1-4-12-13(5-2)18-19-16(14(12)15(17)21)20(3)11-9-7-6-8-10-11/h6-10H,4-5H2,1-3H3,(H2,17,21). The zero-order chi connectivity index (χ0) is 15.4. The summed E-state index contributed by atoms with van der Waals surface area (Å²) >= 11 is 5.26. The molecule has 1 aromatic carbocycles. The van der Waals surface area contributed by atoms with Crippen molar-refractivity contribution in [2.45, 2.75) is 26.7 Å². The molecule has 0 atom stereocenters. The lowest BCUT2D eigenvalue weighted by atomic mass is 10.0. The largest absolute Gasteiger partial charge is 0.389 e. The molecular weight excluding hydrogens is 280 g/mol. The molecule has 0 saturated carbocycles. The predicted molar refractivity (Wildman–Crippen MR) is 91.2 cm³/mol. The van der Waals surface area contributed by atoms with Gasteiger partial charge in [-0.25, -0.2) is 0 Å². The van der Waals surface area contributed by atoms with E-state index in [1.54, 1.807) is 0 Å². The lowest BCUT2D eigenvalue weighted by Gasteiger charge is -2.23. The van der Waals surface area contributed by atoms with Gasteiger partial charge in [0.2, 0.25) is 0 Å². The van der Waals surface area contributed by atoms with Crippen LogP contribution in [0.15, 0.2) is 30.3 Å². The quantitative estimate of drug-likeness (QED) is 0.860. The summed E-state index contributed by atoms with van der Waals surface area (Å²) in [6.07, 6.45) is 1.65. The van der Waals surface area contributed by atoms with Gasteiger partial charge in [0.05, 0.1) is 11.3 Å². The second-order valence-electron chi connectivity index (χ2n) is 4.79. The summed E-state index contributed by atoms with van der Waals surface area (Å²) in [6.45, 7) is 4.15. The summed E-state index contributed by atoms with van der Waals surface area (Å²) in [7, 11) is 1.95. The number of rotatable bonds is 5. The van der Waals surface area contributed by atoms with Crippen molar-refractivity contribution in [2.24, 2.45) is 5.73 Å². The molecule has 0 unspecified atom stereocenters. The Kier molecular flexibility index (Phi) is 4.85. The zero-order valence-electron chi connectivity index (χ0n) is 12.6. The minimum Gasteiger partial charge on any atom is -0.389 e. The van der Waals surface area contributed by atoms with E-state index in [4.69, 9.17) is 18.0 Å². The molecule has 0 aliphatic rings. The topological polar surface area (TPSA) is 55.0 Å². The molecule has 0 amide bonds. The van der Waals surface area contributed by atoms with Crippen LogP contribution in [0.3, 0.4) is 0 Å². The normalized spacial score (nSPS) is 10.4. The molecule has 0 aliphatic carbocycles. The van der Waals surface area contributed by atoms with E-state index in [2.05, 4.69) is 24.0 Å². The fourth-order valence-electron chi connectivity index (χ4n) is 2.43.